The zero-order chi connectivity index (χ0) is 18.0. The minimum Gasteiger partial charge on any atom is -0.361 e. The SMILES string of the molecule is Cc1noc(C)c1C(C)CC(=O)Nc1nc(C2CCNCC2)nn1C.Cl. The Morgan fingerprint density at radius 2 is 2.08 bits per heavy atom. The highest BCUT2D eigenvalue weighted by molar-refractivity contribution is 5.89. The molecule has 0 saturated carbocycles. The van der Waals surface area contributed by atoms with Crippen LogP contribution in [0.25, 0.3) is 0 Å². The number of carbonyl (C=O) groups excluding carboxylic acids is 1. The van der Waals surface area contributed by atoms with Crippen molar-refractivity contribution < 1.29 is 9.32 Å². The van der Waals surface area contributed by atoms with Gasteiger partial charge in [-0.25, -0.2) is 4.68 Å². The normalized spacial score (nSPS) is 16.2. The minimum atomic E-state index is -0.0835. The van der Waals surface area contributed by atoms with E-state index in [2.05, 4.69) is 25.9 Å². The van der Waals surface area contributed by atoms with Crippen molar-refractivity contribution in [3.05, 3.63) is 22.8 Å². The molecule has 3 heterocycles. The highest BCUT2D eigenvalue weighted by Crippen LogP contribution is 2.27. The molecule has 1 unspecified atom stereocenters. The van der Waals surface area contributed by atoms with E-state index >= 15 is 0 Å². The Bertz CT molecular complexity index is 731. The molecule has 1 amide bonds. The van der Waals surface area contributed by atoms with E-state index in [1.165, 1.54) is 0 Å². The van der Waals surface area contributed by atoms with Gasteiger partial charge in [-0.2, -0.15) is 10.1 Å². The van der Waals surface area contributed by atoms with Crippen molar-refractivity contribution in [3.8, 4) is 0 Å². The van der Waals surface area contributed by atoms with E-state index in [1.807, 2.05) is 27.8 Å². The lowest BCUT2D eigenvalue weighted by atomic mass is 9.96. The molecular formula is C17H27ClN6O2. The highest BCUT2D eigenvalue weighted by Gasteiger charge is 2.23. The Morgan fingerprint density at radius 3 is 2.69 bits per heavy atom. The van der Waals surface area contributed by atoms with Gasteiger partial charge in [0, 0.05) is 24.9 Å². The molecule has 0 bridgehead atoms. The van der Waals surface area contributed by atoms with E-state index in [4.69, 9.17) is 4.52 Å². The molecule has 1 saturated heterocycles. The number of carbonyl (C=O) groups is 1. The predicted octanol–water partition coefficient (Wildman–Crippen LogP) is 2.44. The van der Waals surface area contributed by atoms with Gasteiger partial charge in [0.25, 0.3) is 0 Å². The maximum absolute atomic E-state index is 12.4. The molecule has 144 valence electrons. The van der Waals surface area contributed by atoms with Crippen LogP contribution in [0, 0.1) is 13.8 Å². The maximum atomic E-state index is 12.4. The number of halogens is 1. The molecule has 1 aliphatic rings. The lowest BCUT2D eigenvalue weighted by molar-refractivity contribution is -0.116. The van der Waals surface area contributed by atoms with Crippen molar-refractivity contribution in [2.24, 2.45) is 7.05 Å². The average molecular weight is 383 g/mol. The van der Waals surface area contributed by atoms with E-state index in [1.54, 1.807) is 4.68 Å². The fraction of sp³-hybridized carbons (Fsp3) is 0.647. The van der Waals surface area contributed by atoms with Crippen LogP contribution in [0.1, 0.15) is 60.9 Å². The molecule has 0 aromatic carbocycles. The van der Waals surface area contributed by atoms with Crippen LogP contribution in [0.5, 0.6) is 0 Å². The number of nitrogens with zero attached hydrogens (tertiary/aromatic N) is 4. The fourth-order valence-corrected chi connectivity index (χ4v) is 3.52. The second-order valence-corrected chi connectivity index (χ2v) is 6.83. The molecule has 0 radical (unpaired) electrons. The van der Waals surface area contributed by atoms with Gasteiger partial charge < -0.3 is 9.84 Å². The number of amides is 1. The van der Waals surface area contributed by atoms with Gasteiger partial charge in [-0.05, 0) is 45.7 Å². The molecule has 2 aromatic heterocycles. The number of rotatable bonds is 5. The Morgan fingerprint density at radius 1 is 1.38 bits per heavy atom. The number of hydrogen-bond donors (Lipinski definition) is 2. The third-order valence-corrected chi connectivity index (χ3v) is 4.81. The number of nitrogens with one attached hydrogen (secondary N) is 2. The summed E-state index contributed by atoms with van der Waals surface area (Å²) >= 11 is 0. The molecule has 0 spiro atoms. The average Bonchev–Trinajstić information content (AvgIpc) is 3.11. The van der Waals surface area contributed by atoms with Crippen molar-refractivity contribution in [1.29, 1.82) is 0 Å². The van der Waals surface area contributed by atoms with Crippen molar-refractivity contribution in [2.45, 2.75) is 51.9 Å². The first-order chi connectivity index (χ1) is 12.0. The van der Waals surface area contributed by atoms with Crippen molar-refractivity contribution in [2.75, 3.05) is 18.4 Å². The van der Waals surface area contributed by atoms with Gasteiger partial charge >= 0.3 is 0 Å². The second kappa shape index (κ2) is 8.64. The molecule has 1 aliphatic heterocycles. The fourth-order valence-electron chi connectivity index (χ4n) is 3.52. The molecule has 1 fully saturated rings. The number of piperidine rings is 1. The van der Waals surface area contributed by atoms with E-state index in [-0.39, 0.29) is 24.2 Å². The molecule has 1 atom stereocenters. The molecule has 8 nitrogen and oxygen atoms in total. The summed E-state index contributed by atoms with van der Waals surface area (Å²) in [5.41, 5.74) is 1.84. The standard InChI is InChI=1S/C17H26N6O2.ClH/c1-10(15-11(2)22-25-12(15)3)9-14(24)19-17-20-16(21-23(17)4)13-5-7-18-8-6-13;/h10,13,18H,5-9H2,1-4H3,(H,19,20,21,24);1H. The van der Waals surface area contributed by atoms with Crippen LogP contribution in [0.4, 0.5) is 5.95 Å². The van der Waals surface area contributed by atoms with Crippen molar-refractivity contribution >= 4 is 24.3 Å². The Labute approximate surface area is 159 Å². The lowest BCUT2D eigenvalue weighted by Gasteiger charge is -2.19. The summed E-state index contributed by atoms with van der Waals surface area (Å²) in [5, 5.41) is 14.7. The molecule has 0 aliphatic carbocycles. The highest BCUT2D eigenvalue weighted by atomic mass is 35.5. The lowest BCUT2D eigenvalue weighted by Crippen LogP contribution is -2.27. The van der Waals surface area contributed by atoms with Crippen LogP contribution >= 0.6 is 12.4 Å². The third kappa shape index (κ3) is 4.42. The van der Waals surface area contributed by atoms with Gasteiger partial charge in [-0.15, -0.1) is 12.4 Å². The van der Waals surface area contributed by atoms with Crippen LogP contribution in [0.15, 0.2) is 4.52 Å². The van der Waals surface area contributed by atoms with E-state index in [0.29, 0.717) is 18.3 Å². The van der Waals surface area contributed by atoms with Crippen molar-refractivity contribution in [1.82, 2.24) is 25.2 Å². The molecule has 3 rings (SSSR count). The Balaban J connectivity index is 0.00000243. The van der Waals surface area contributed by atoms with E-state index in [0.717, 1.165) is 48.8 Å². The number of hydrogen-bond acceptors (Lipinski definition) is 6. The van der Waals surface area contributed by atoms with Crippen LogP contribution < -0.4 is 10.6 Å². The summed E-state index contributed by atoms with van der Waals surface area (Å²) in [4.78, 5) is 17.0. The summed E-state index contributed by atoms with van der Waals surface area (Å²) in [6, 6.07) is 0. The summed E-state index contributed by atoms with van der Waals surface area (Å²) < 4.78 is 6.84. The van der Waals surface area contributed by atoms with E-state index < -0.39 is 0 Å². The molecule has 26 heavy (non-hydrogen) atoms. The van der Waals surface area contributed by atoms with Crippen LogP contribution in [0.3, 0.4) is 0 Å². The zero-order valence-corrected chi connectivity index (χ0v) is 16.5. The topological polar surface area (TPSA) is 97.9 Å². The molecular weight excluding hydrogens is 356 g/mol. The zero-order valence-electron chi connectivity index (χ0n) is 15.7. The molecule has 2 aromatic rings. The van der Waals surface area contributed by atoms with Gasteiger partial charge in [0.1, 0.15) is 5.76 Å². The van der Waals surface area contributed by atoms with Crippen molar-refractivity contribution in [3.63, 3.8) is 0 Å². The Kier molecular flexibility index (Phi) is 6.77. The first-order valence-corrected chi connectivity index (χ1v) is 8.80. The number of aryl methyl sites for hydroxylation is 3. The first kappa shape index (κ1) is 20.4. The van der Waals surface area contributed by atoms with Crippen LogP contribution in [0.2, 0.25) is 0 Å². The van der Waals surface area contributed by atoms with Gasteiger partial charge in [0.15, 0.2) is 5.82 Å². The minimum absolute atomic E-state index is 0. The largest absolute Gasteiger partial charge is 0.361 e. The summed E-state index contributed by atoms with van der Waals surface area (Å²) in [6.45, 7) is 7.74. The predicted molar refractivity (Wildman–Crippen MR) is 101 cm³/mol. The summed E-state index contributed by atoms with van der Waals surface area (Å²) in [7, 11) is 1.81. The van der Waals surface area contributed by atoms with Gasteiger partial charge in [-0.3, -0.25) is 10.1 Å². The number of anilines is 1. The van der Waals surface area contributed by atoms with Gasteiger partial charge in [-0.1, -0.05) is 12.1 Å². The van der Waals surface area contributed by atoms with E-state index in [9.17, 15) is 4.79 Å². The maximum Gasteiger partial charge on any atom is 0.227 e. The quantitative estimate of drug-likeness (QED) is 0.824. The summed E-state index contributed by atoms with van der Waals surface area (Å²) in [6.07, 6.45) is 2.40. The summed E-state index contributed by atoms with van der Waals surface area (Å²) in [5.74, 6) is 2.40. The van der Waals surface area contributed by atoms with Gasteiger partial charge in [0.2, 0.25) is 11.9 Å². The van der Waals surface area contributed by atoms with Crippen LogP contribution in [-0.2, 0) is 11.8 Å². The first-order valence-electron chi connectivity index (χ1n) is 8.80. The third-order valence-electron chi connectivity index (χ3n) is 4.81. The number of aromatic nitrogens is 4. The second-order valence-electron chi connectivity index (χ2n) is 6.83. The molecule has 2 N–H and O–H groups in total. The monoisotopic (exact) mass is 382 g/mol. The smallest absolute Gasteiger partial charge is 0.227 e. The van der Waals surface area contributed by atoms with Gasteiger partial charge in [0.05, 0.1) is 5.69 Å². The Hall–Kier alpha value is -1.93. The molecule has 9 heteroatoms. The van der Waals surface area contributed by atoms with Crippen LogP contribution in [-0.4, -0.2) is 38.9 Å².